The second-order valence-corrected chi connectivity index (χ2v) is 8.78. The van der Waals surface area contributed by atoms with Crippen LogP contribution >= 0.6 is 0 Å². The molecule has 0 spiro atoms. The molecule has 42 heavy (non-hydrogen) atoms. The van der Waals surface area contributed by atoms with Gasteiger partial charge in [-0.1, -0.05) is 54.6 Å². The number of benzene rings is 3. The summed E-state index contributed by atoms with van der Waals surface area (Å²) < 4.78 is 18.4. The van der Waals surface area contributed by atoms with E-state index in [9.17, 15) is 9.70 Å². The lowest BCUT2D eigenvalue weighted by atomic mass is 9.98. The summed E-state index contributed by atoms with van der Waals surface area (Å²) in [5.41, 5.74) is 5.37. The van der Waals surface area contributed by atoms with E-state index in [0.717, 1.165) is 22.3 Å². The number of rotatable bonds is 15. The zero-order chi connectivity index (χ0) is 29.1. The Morgan fingerprint density at radius 3 is 2.52 bits per heavy atom. The van der Waals surface area contributed by atoms with Gasteiger partial charge in [-0.3, -0.25) is 4.57 Å². The van der Waals surface area contributed by atoms with Crippen molar-refractivity contribution in [2.45, 2.75) is 13.5 Å². The molecule has 0 aliphatic rings. The van der Waals surface area contributed by atoms with Crippen molar-refractivity contribution < 1.29 is 28.9 Å². The number of fused-ring (bicyclic) bond motifs is 1. The van der Waals surface area contributed by atoms with Crippen LogP contribution < -0.4 is 4.74 Å². The lowest BCUT2D eigenvalue weighted by molar-refractivity contribution is -0.302. The van der Waals surface area contributed by atoms with Gasteiger partial charge in [-0.25, -0.2) is 4.79 Å². The number of imidazole rings is 1. The first-order valence-electron chi connectivity index (χ1n) is 13.1. The molecular formula is C28H27N7O7. The fraction of sp³-hybridized carbons (Fsp3) is 0.250. The minimum absolute atomic E-state index is 0.00464. The summed E-state index contributed by atoms with van der Waals surface area (Å²) in [7, 11) is 0. The van der Waals surface area contributed by atoms with Gasteiger partial charge in [0.05, 0.1) is 43.0 Å². The molecule has 0 saturated heterocycles. The largest absolute Gasteiger partial charge is 0.465 e. The van der Waals surface area contributed by atoms with Gasteiger partial charge in [-0.2, -0.15) is 20.1 Å². The second kappa shape index (κ2) is 13.9. The summed E-state index contributed by atoms with van der Waals surface area (Å²) in [6.07, 6.45) is 0. The van der Waals surface area contributed by atoms with E-state index >= 15 is 0 Å². The third-order valence-corrected chi connectivity index (χ3v) is 6.20. The molecule has 1 N–H and O–H groups in total. The van der Waals surface area contributed by atoms with Crippen molar-refractivity contribution >= 4 is 17.0 Å². The van der Waals surface area contributed by atoms with Gasteiger partial charge in [0.1, 0.15) is 13.2 Å². The van der Waals surface area contributed by atoms with Gasteiger partial charge in [0.15, 0.2) is 5.34 Å². The quantitative estimate of drug-likeness (QED) is 0.0629. The van der Waals surface area contributed by atoms with E-state index in [-0.39, 0.29) is 26.4 Å². The van der Waals surface area contributed by atoms with Gasteiger partial charge in [0.2, 0.25) is 5.82 Å². The molecule has 0 unspecified atom stereocenters. The first-order chi connectivity index (χ1) is 20.7. The molecule has 5 rings (SSSR count). The molecule has 216 valence electrons. The zero-order valence-electron chi connectivity index (χ0n) is 22.6. The third kappa shape index (κ3) is 6.56. The molecule has 14 heteroatoms. The Bertz CT molecular complexity index is 1620. The second-order valence-electron chi connectivity index (χ2n) is 8.78. The molecule has 0 saturated carbocycles. The van der Waals surface area contributed by atoms with Crippen molar-refractivity contribution in [2.24, 2.45) is 5.34 Å². The van der Waals surface area contributed by atoms with Crippen LogP contribution in [-0.2, 0) is 25.9 Å². The number of tetrazole rings is 1. The number of para-hydroxylation sites is 1. The Hall–Kier alpha value is -5.21. The smallest absolute Gasteiger partial charge is 0.340 e. The molecule has 0 aliphatic heterocycles. The molecule has 14 nitrogen and oxygen atoms in total. The number of aromatic nitrogens is 6. The van der Waals surface area contributed by atoms with Crippen molar-refractivity contribution in [3.05, 3.63) is 82.8 Å². The normalized spacial score (nSPS) is 11.0. The number of nitrogens with one attached hydrogen (secondary N) is 1. The van der Waals surface area contributed by atoms with E-state index in [1.54, 1.807) is 12.1 Å². The SMILES string of the molecule is CCOc1nc2cccc(C(=O)OCCOCCOON=O)c2n1Cc1ccc(-c2ccccc2-c2nn[nH]n2)cc1. The number of nitrogens with zero attached hydrogens (tertiary/aromatic N) is 6. The van der Waals surface area contributed by atoms with E-state index in [1.807, 2.05) is 66.1 Å². The highest BCUT2D eigenvalue weighted by atomic mass is 17.3. The maximum Gasteiger partial charge on any atom is 0.340 e. The van der Waals surface area contributed by atoms with E-state index in [2.05, 4.69) is 40.8 Å². The zero-order valence-corrected chi connectivity index (χ0v) is 22.6. The topological polar surface area (TPSA) is 165 Å². The van der Waals surface area contributed by atoms with E-state index in [0.29, 0.717) is 41.6 Å². The van der Waals surface area contributed by atoms with Gasteiger partial charge >= 0.3 is 5.97 Å². The van der Waals surface area contributed by atoms with Crippen molar-refractivity contribution in [1.82, 2.24) is 30.2 Å². The highest BCUT2D eigenvalue weighted by Gasteiger charge is 2.20. The number of hydrogen-bond acceptors (Lipinski definition) is 12. The summed E-state index contributed by atoms with van der Waals surface area (Å²) in [5, 5.41) is 16.5. The number of esters is 1. The van der Waals surface area contributed by atoms with Crippen LogP contribution in [0.2, 0.25) is 0 Å². The standard InChI is InChI=1S/C28H27N7O7/c1-2-39-28-29-24-9-5-8-23(27(36)40-16-14-38-15-17-41-42-34-37)25(24)35(28)18-19-10-12-20(13-11-19)21-6-3-4-7-22(21)26-30-32-33-31-26/h3-13H,2,14-18H2,1H3,(H,30,31,32,33). The fourth-order valence-corrected chi connectivity index (χ4v) is 4.42. The highest BCUT2D eigenvalue weighted by Crippen LogP contribution is 2.31. The average molecular weight is 574 g/mol. The number of ether oxygens (including phenoxy) is 3. The average Bonchev–Trinajstić information content (AvgIpc) is 3.68. The van der Waals surface area contributed by atoms with Gasteiger partial charge < -0.3 is 14.2 Å². The summed E-state index contributed by atoms with van der Waals surface area (Å²) in [4.78, 5) is 35.8. The molecular weight excluding hydrogens is 546 g/mol. The molecule has 0 fully saturated rings. The molecule has 0 radical (unpaired) electrons. The maximum atomic E-state index is 13.1. The summed E-state index contributed by atoms with van der Waals surface area (Å²) in [6, 6.07) is 21.6. The van der Waals surface area contributed by atoms with Gasteiger partial charge in [-0.15, -0.1) is 15.1 Å². The van der Waals surface area contributed by atoms with Crippen LogP contribution in [0.25, 0.3) is 33.5 Å². The van der Waals surface area contributed by atoms with Crippen LogP contribution in [0.5, 0.6) is 6.01 Å². The number of carbonyl (C=O) groups is 1. The van der Waals surface area contributed by atoms with Crippen molar-refractivity contribution in [3.63, 3.8) is 0 Å². The minimum Gasteiger partial charge on any atom is -0.465 e. The van der Waals surface area contributed by atoms with Crippen LogP contribution in [0.15, 0.2) is 72.1 Å². The minimum atomic E-state index is -0.522. The predicted octanol–water partition coefficient (Wildman–Crippen LogP) is 4.13. The van der Waals surface area contributed by atoms with Crippen LogP contribution in [0.4, 0.5) is 0 Å². The number of carbonyl (C=O) groups excluding carboxylic acids is 1. The predicted molar refractivity (Wildman–Crippen MR) is 149 cm³/mol. The number of H-pyrrole nitrogens is 1. The molecule has 2 aromatic heterocycles. The highest BCUT2D eigenvalue weighted by molar-refractivity contribution is 6.02. The lowest BCUT2D eigenvalue weighted by Crippen LogP contribution is -2.14. The summed E-state index contributed by atoms with van der Waals surface area (Å²) >= 11 is 0. The Kier molecular flexibility index (Phi) is 9.39. The Morgan fingerprint density at radius 1 is 0.952 bits per heavy atom. The Morgan fingerprint density at radius 2 is 1.76 bits per heavy atom. The van der Waals surface area contributed by atoms with E-state index < -0.39 is 5.97 Å². The Balaban J connectivity index is 1.34. The first kappa shape index (κ1) is 28.3. The van der Waals surface area contributed by atoms with Gasteiger partial charge in [0, 0.05) is 5.56 Å². The van der Waals surface area contributed by atoms with Crippen LogP contribution in [0, 0.1) is 4.91 Å². The van der Waals surface area contributed by atoms with Crippen LogP contribution in [0.1, 0.15) is 22.8 Å². The molecule has 3 aromatic carbocycles. The lowest BCUT2D eigenvalue weighted by Gasteiger charge is -2.13. The Labute approximate surface area is 239 Å². The summed E-state index contributed by atoms with van der Waals surface area (Å²) in [6.45, 7) is 2.97. The van der Waals surface area contributed by atoms with Crippen LogP contribution in [-0.4, -0.2) is 69.2 Å². The molecule has 0 bridgehead atoms. The molecule has 2 heterocycles. The monoisotopic (exact) mass is 573 g/mol. The summed E-state index contributed by atoms with van der Waals surface area (Å²) in [5.74, 6) is -0.00536. The van der Waals surface area contributed by atoms with E-state index in [1.165, 1.54) is 0 Å². The molecule has 0 atom stereocenters. The van der Waals surface area contributed by atoms with Crippen molar-refractivity contribution in [1.29, 1.82) is 0 Å². The van der Waals surface area contributed by atoms with Crippen molar-refractivity contribution in [2.75, 3.05) is 33.0 Å². The third-order valence-electron chi connectivity index (χ3n) is 6.20. The van der Waals surface area contributed by atoms with Gasteiger partial charge in [0.25, 0.3) is 6.01 Å². The molecule has 0 aliphatic carbocycles. The number of hydrogen-bond donors (Lipinski definition) is 1. The molecule has 5 aromatic rings. The first-order valence-corrected chi connectivity index (χ1v) is 13.1. The van der Waals surface area contributed by atoms with Crippen molar-refractivity contribution in [3.8, 4) is 28.5 Å². The number of aromatic amines is 1. The van der Waals surface area contributed by atoms with Crippen LogP contribution in [0.3, 0.4) is 0 Å². The fourth-order valence-electron chi connectivity index (χ4n) is 4.42. The molecule has 0 amide bonds. The van der Waals surface area contributed by atoms with Gasteiger partial charge in [-0.05, 0) is 41.0 Å². The van der Waals surface area contributed by atoms with E-state index in [4.69, 9.17) is 14.2 Å². The maximum absolute atomic E-state index is 13.1.